The fourth-order valence-corrected chi connectivity index (χ4v) is 2.01. The highest BCUT2D eigenvalue weighted by atomic mass is 15.1. The summed E-state index contributed by atoms with van der Waals surface area (Å²) in [6.07, 6.45) is 1.88. The van der Waals surface area contributed by atoms with E-state index in [2.05, 4.69) is 61.1 Å². The van der Waals surface area contributed by atoms with Crippen molar-refractivity contribution in [1.29, 1.82) is 0 Å². The zero-order valence-electron chi connectivity index (χ0n) is 12.4. The van der Waals surface area contributed by atoms with Crippen molar-refractivity contribution >= 4 is 11.2 Å². The lowest BCUT2D eigenvalue weighted by Gasteiger charge is -2.17. The van der Waals surface area contributed by atoms with Gasteiger partial charge in [-0.05, 0) is 0 Å². The maximum atomic E-state index is 4.67. The minimum Gasteiger partial charge on any atom is -0.328 e. The van der Waals surface area contributed by atoms with Crippen molar-refractivity contribution in [3.8, 4) is 0 Å². The lowest BCUT2D eigenvalue weighted by molar-refractivity contribution is 0.526. The van der Waals surface area contributed by atoms with E-state index in [4.69, 9.17) is 0 Å². The minimum atomic E-state index is -0.0480. The Labute approximate surface area is 108 Å². The molecule has 0 N–H and O–H groups in total. The molecule has 0 radical (unpaired) electrons. The SMILES string of the molecule is Cn1c(C(C)(C)C)nc2nc(C(C)(C)C)ncc21. The highest BCUT2D eigenvalue weighted by molar-refractivity contribution is 5.70. The molecule has 18 heavy (non-hydrogen) atoms. The smallest absolute Gasteiger partial charge is 0.181 e. The van der Waals surface area contributed by atoms with Crippen molar-refractivity contribution in [3.63, 3.8) is 0 Å². The Morgan fingerprint density at radius 2 is 1.56 bits per heavy atom. The summed E-state index contributed by atoms with van der Waals surface area (Å²) in [6.45, 7) is 12.8. The van der Waals surface area contributed by atoms with E-state index in [9.17, 15) is 0 Å². The monoisotopic (exact) mass is 246 g/mol. The van der Waals surface area contributed by atoms with Gasteiger partial charge < -0.3 is 4.57 Å². The number of nitrogens with zero attached hydrogens (tertiary/aromatic N) is 4. The van der Waals surface area contributed by atoms with Gasteiger partial charge >= 0.3 is 0 Å². The van der Waals surface area contributed by atoms with E-state index in [1.807, 2.05) is 13.2 Å². The van der Waals surface area contributed by atoms with Crippen LogP contribution >= 0.6 is 0 Å². The third-order valence-electron chi connectivity index (χ3n) is 2.98. The number of rotatable bonds is 0. The summed E-state index contributed by atoms with van der Waals surface area (Å²) in [5, 5.41) is 0. The third-order valence-corrected chi connectivity index (χ3v) is 2.98. The summed E-state index contributed by atoms with van der Waals surface area (Å²) >= 11 is 0. The normalized spacial score (nSPS) is 13.3. The standard InChI is InChI=1S/C14H22N4/c1-13(2,3)11-15-8-9-10(16-11)17-12(18(9)7)14(4,5)6/h8H,1-7H3. The van der Waals surface area contributed by atoms with Crippen molar-refractivity contribution in [1.82, 2.24) is 19.5 Å². The number of hydrogen-bond acceptors (Lipinski definition) is 3. The second kappa shape index (κ2) is 3.77. The first-order valence-electron chi connectivity index (χ1n) is 6.31. The molecule has 2 heterocycles. The lowest BCUT2D eigenvalue weighted by atomic mass is 9.96. The molecule has 2 rings (SSSR count). The van der Waals surface area contributed by atoms with Crippen molar-refractivity contribution in [2.75, 3.05) is 0 Å². The summed E-state index contributed by atoms with van der Waals surface area (Å²) in [5.41, 5.74) is 1.75. The van der Waals surface area contributed by atoms with Gasteiger partial charge in [0.2, 0.25) is 0 Å². The van der Waals surface area contributed by atoms with Gasteiger partial charge in [-0.1, -0.05) is 41.5 Å². The van der Waals surface area contributed by atoms with Crippen LogP contribution in [0.25, 0.3) is 11.2 Å². The van der Waals surface area contributed by atoms with Crippen LogP contribution in [0.3, 0.4) is 0 Å². The predicted molar refractivity (Wildman–Crippen MR) is 73.7 cm³/mol. The minimum absolute atomic E-state index is 0.0113. The lowest BCUT2D eigenvalue weighted by Crippen LogP contribution is -2.17. The van der Waals surface area contributed by atoms with Crippen LogP contribution in [0, 0.1) is 0 Å². The highest BCUT2D eigenvalue weighted by Crippen LogP contribution is 2.25. The van der Waals surface area contributed by atoms with E-state index in [-0.39, 0.29) is 10.8 Å². The maximum Gasteiger partial charge on any atom is 0.181 e. The van der Waals surface area contributed by atoms with Crippen molar-refractivity contribution in [2.45, 2.75) is 52.4 Å². The topological polar surface area (TPSA) is 43.6 Å². The molecule has 2 aromatic heterocycles. The average molecular weight is 246 g/mol. The number of aryl methyl sites for hydroxylation is 1. The van der Waals surface area contributed by atoms with Crippen molar-refractivity contribution in [2.24, 2.45) is 7.05 Å². The van der Waals surface area contributed by atoms with E-state index >= 15 is 0 Å². The molecular weight excluding hydrogens is 224 g/mol. The van der Waals surface area contributed by atoms with E-state index in [0.717, 1.165) is 22.8 Å². The quantitative estimate of drug-likeness (QED) is 0.717. The molecule has 0 saturated carbocycles. The second-order valence-corrected chi connectivity index (χ2v) is 6.90. The molecule has 0 aliphatic heterocycles. The molecule has 0 spiro atoms. The van der Waals surface area contributed by atoms with E-state index in [0.29, 0.717) is 0 Å². The van der Waals surface area contributed by atoms with Gasteiger partial charge in [-0.15, -0.1) is 0 Å². The number of fused-ring (bicyclic) bond motifs is 1. The van der Waals surface area contributed by atoms with Gasteiger partial charge in [-0.25, -0.2) is 15.0 Å². The van der Waals surface area contributed by atoms with Crippen LogP contribution < -0.4 is 0 Å². The van der Waals surface area contributed by atoms with Crippen molar-refractivity contribution < 1.29 is 0 Å². The second-order valence-electron chi connectivity index (χ2n) is 6.90. The molecule has 0 saturated heterocycles. The van der Waals surface area contributed by atoms with Crippen LogP contribution in [0.15, 0.2) is 6.20 Å². The molecule has 4 nitrogen and oxygen atoms in total. The first-order chi connectivity index (χ1) is 8.10. The Kier molecular flexibility index (Phi) is 2.72. The summed E-state index contributed by atoms with van der Waals surface area (Å²) in [6, 6.07) is 0. The Balaban J connectivity index is 2.67. The van der Waals surface area contributed by atoms with Gasteiger partial charge in [0.1, 0.15) is 17.2 Å². The fourth-order valence-electron chi connectivity index (χ4n) is 2.01. The average Bonchev–Trinajstić information content (AvgIpc) is 2.54. The summed E-state index contributed by atoms with van der Waals surface area (Å²) < 4.78 is 2.09. The van der Waals surface area contributed by atoms with Gasteiger partial charge in [-0.3, -0.25) is 0 Å². The van der Waals surface area contributed by atoms with Gasteiger partial charge in [0.25, 0.3) is 0 Å². The van der Waals surface area contributed by atoms with Gasteiger partial charge in [-0.2, -0.15) is 0 Å². The fraction of sp³-hybridized carbons (Fsp3) is 0.643. The van der Waals surface area contributed by atoms with E-state index in [1.165, 1.54) is 0 Å². The van der Waals surface area contributed by atoms with Crippen LogP contribution in [0.5, 0.6) is 0 Å². The summed E-state index contributed by atoms with van der Waals surface area (Å²) in [7, 11) is 2.02. The molecular formula is C14H22N4. The molecule has 98 valence electrons. The van der Waals surface area contributed by atoms with Crippen molar-refractivity contribution in [3.05, 3.63) is 17.8 Å². The third kappa shape index (κ3) is 2.11. The van der Waals surface area contributed by atoms with Gasteiger partial charge in [0.15, 0.2) is 5.65 Å². The zero-order valence-corrected chi connectivity index (χ0v) is 12.4. The van der Waals surface area contributed by atoms with E-state index in [1.54, 1.807) is 0 Å². The number of hydrogen-bond donors (Lipinski definition) is 0. The zero-order chi connectivity index (χ0) is 13.7. The molecule has 2 aromatic rings. The number of aromatic nitrogens is 4. The predicted octanol–water partition coefficient (Wildman–Crippen LogP) is 2.96. The summed E-state index contributed by atoms with van der Waals surface area (Å²) in [4.78, 5) is 13.7. The van der Waals surface area contributed by atoms with Crippen LogP contribution in [0.1, 0.15) is 53.2 Å². The molecule has 0 amide bonds. The molecule has 4 heteroatoms. The van der Waals surface area contributed by atoms with Crippen LogP contribution in [-0.4, -0.2) is 19.5 Å². The Morgan fingerprint density at radius 3 is 2.06 bits per heavy atom. The largest absolute Gasteiger partial charge is 0.328 e. The summed E-state index contributed by atoms with van der Waals surface area (Å²) in [5.74, 6) is 1.88. The first-order valence-corrected chi connectivity index (χ1v) is 6.31. The van der Waals surface area contributed by atoms with Gasteiger partial charge in [0.05, 0.1) is 6.20 Å². The Bertz CT molecular complexity index is 582. The Morgan fingerprint density at radius 1 is 0.944 bits per heavy atom. The molecule has 0 aliphatic rings. The van der Waals surface area contributed by atoms with Crippen LogP contribution in [0.2, 0.25) is 0 Å². The highest BCUT2D eigenvalue weighted by Gasteiger charge is 2.24. The molecule has 0 atom stereocenters. The first kappa shape index (κ1) is 13.0. The Hall–Kier alpha value is -1.45. The number of imidazole rings is 1. The molecule has 0 unspecified atom stereocenters. The van der Waals surface area contributed by atoms with E-state index < -0.39 is 0 Å². The molecule has 0 fully saturated rings. The maximum absolute atomic E-state index is 4.67. The van der Waals surface area contributed by atoms with Crippen LogP contribution in [0.4, 0.5) is 0 Å². The molecule has 0 bridgehead atoms. The molecule has 0 aromatic carbocycles. The van der Waals surface area contributed by atoms with Gasteiger partial charge in [0, 0.05) is 17.9 Å². The van der Waals surface area contributed by atoms with Crippen LogP contribution in [-0.2, 0) is 17.9 Å². The molecule has 0 aliphatic carbocycles.